The van der Waals surface area contributed by atoms with Crippen molar-refractivity contribution in [2.75, 3.05) is 26.9 Å². The Bertz CT molecular complexity index is 578. The number of amides is 1. The summed E-state index contributed by atoms with van der Waals surface area (Å²) in [6.45, 7) is 2.22. The maximum absolute atomic E-state index is 12.6. The highest BCUT2D eigenvalue weighted by Crippen LogP contribution is 2.16. The van der Waals surface area contributed by atoms with Crippen LogP contribution in [0.3, 0.4) is 0 Å². The third kappa shape index (κ3) is 2.97. The average molecular weight is 294 g/mol. The van der Waals surface area contributed by atoms with E-state index < -0.39 is 12.0 Å². The van der Waals surface area contributed by atoms with E-state index in [1.54, 1.807) is 17.8 Å². The van der Waals surface area contributed by atoms with Crippen molar-refractivity contribution in [2.45, 2.75) is 13.0 Å². The summed E-state index contributed by atoms with van der Waals surface area (Å²) >= 11 is 0. The molecule has 1 aliphatic heterocycles. The lowest BCUT2D eigenvalue weighted by Crippen LogP contribution is -2.53. The van der Waals surface area contributed by atoms with Gasteiger partial charge in [-0.25, -0.2) is 4.79 Å². The number of rotatable bonds is 3. The van der Waals surface area contributed by atoms with Crippen LogP contribution in [0.4, 0.5) is 0 Å². The third-order valence-corrected chi connectivity index (χ3v) is 3.49. The number of aryl methyl sites for hydroxylation is 1. The first kappa shape index (κ1) is 15.2. The minimum atomic E-state index is -0.757. The van der Waals surface area contributed by atoms with Crippen LogP contribution in [0.25, 0.3) is 0 Å². The molecule has 0 N–H and O–H groups in total. The highest BCUT2D eigenvalue weighted by atomic mass is 16.5. The monoisotopic (exact) mass is 294 g/mol. The molecule has 0 radical (unpaired) electrons. The molecule has 0 saturated carbocycles. The van der Waals surface area contributed by atoms with Gasteiger partial charge in [-0.3, -0.25) is 9.59 Å². The van der Waals surface area contributed by atoms with Gasteiger partial charge in [0.05, 0.1) is 20.3 Å². The molecule has 1 aromatic rings. The van der Waals surface area contributed by atoms with Crippen molar-refractivity contribution in [3.05, 3.63) is 23.5 Å². The number of methoxy groups -OCH3 is 1. The third-order valence-electron chi connectivity index (χ3n) is 3.49. The van der Waals surface area contributed by atoms with E-state index in [0.717, 1.165) is 0 Å². The maximum atomic E-state index is 12.6. The summed E-state index contributed by atoms with van der Waals surface area (Å²) in [5.41, 5.74) is 0.819. The fourth-order valence-corrected chi connectivity index (χ4v) is 2.29. The van der Waals surface area contributed by atoms with E-state index in [2.05, 4.69) is 0 Å². The lowest BCUT2D eigenvalue weighted by atomic mass is 10.2. The molecule has 1 saturated heterocycles. The minimum Gasteiger partial charge on any atom is -0.467 e. The van der Waals surface area contributed by atoms with Gasteiger partial charge in [0, 0.05) is 25.4 Å². The van der Waals surface area contributed by atoms with Gasteiger partial charge in [-0.1, -0.05) is 0 Å². The standard InChI is InChI=1S/C14H18N2O5/c1-9(17)10-6-11(15(2)7-10)13(18)16-4-5-21-8-12(16)14(19)20-3/h6-7,12H,4-5,8H2,1-3H3. The highest BCUT2D eigenvalue weighted by molar-refractivity contribution is 6.00. The Balaban J connectivity index is 2.28. The molecule has 0 bridgehead atoms. The molecule has 0 aliphatic carbocycles. The number of hydrogen-bond acceptors (Lipinski definition) is 5. The van der Waals surface area contributed by atoms with E-state index in [1.165, 1.54) is 25.0 Å². The zero-order chi connectivity index (χ0) is 15.6. The van der Waals surface area contributed by atoms with E-state index in [0.29, 0.717) is 24.4 Å². The van der Waals surface area contributed by atoms with Gasteiger partial charge in [0.25, 0.3) is 5.91 Å². The molecule has 21 heavy (non-hydrogen) atoms. The number of ether oxygens (including phenoxy) is 2. The molecule has 1 fully saturated rings. The normalized spacial score (nSPS) is 18.4. The number of carbonyl (C=O) groups is 3. The second-order valence-electron chi connectivity index (χ2n) is 4.89. The second-order valence-corrected chi connectivity index (χ2v) is 4.89. The Morgan fingerprint density at radius 3 is 2.67 bits per heavy atom. The van der Waals surface area contributed by atoms with Crippen LogP contribution in [-0.4, -0.2) is 60.0 Å². The number of nitrogens with zero attached hydrogens (tertiary/aromatic N) is 2. The number of hydrogen-bond donors (Lipinski definition) is 0. The molecule has 7 nitrogen and oxygen atoms in total. The quantitative estimate of drug-likeness (QED) is 0.589. The predicted molar refractivity (Wildman–Crippen MR) is 73.1 cm³/mol. The van der Waals surface area contributed by atoms with Crippen LogP contribution in [0.5, 0.6) is 0 Å². The van der Waals surface area contributed by atoms with E-state index >= 15 is 0 Å². The molecule has 114 valence electrons. The van der Waals surface area contributed by atoms with Crippen LogP contribution in [-0.2, 0) is 21.3 Å². The van der Waals surface area contributed by atoms with Gasteiger partial charge in [-0.05, 0) is 13.0 Å². The largest absolute Gasteiger partial charge is 0.467 e. The minimum absolute atomic E-state index is 0.113. The molecule has 0 spiro atoms. The first-order valence-corrected chi connectivity index (χ1v) is 6.59. The maximum Gasteiger partial charge on any atom is 0.331 e. The molecular formula is C14H18N2O5. The van der Waals surface area contributed by atoms with Gasteiger partial charge in [0.15, 0.2) is 11.8 Å². The molecule has 1 amide bonds. The Kier molecular flexibility index (Phi) is 4.42. The van der Waals surface area contributed by atoms with Crippen molar-refractivity contribution < 1.29 is 23.9 Å². The zero-order valence-electron chi connectivity index (χ0n) is 12.3. The number of Topliss-reactive ketones (excluding diaryl/α,β-unsaturated/α-hetero) is 1. The molecule has 2 heterocycles. The first-order valence-electron chi connectivity index (χ1n) is 6.59. The van der Waals surface area contributed by atoms with Crippen molar-refractivity contribution in [1.82, 2.24) is 9.47 Å². The Labute approximate surface area is 122 Å². The van der Waals surface area contributed by atoms with Crippen LogP contribution in [0.15, 0.2) is 12.3 Å². The summed E-state index contributed by atoms with van der Waals surface area (Å²) in [6, 6.07) is 0.779. The number of ketones is 1. The summed E-state index contributed by atoms with van der Waals surface area (Å²) in [6.07, 6.45) is 1.60. The molecule has 2 rings (SSSR count). The number of carbonyl (C=O) groups excluding carboxylic acids is 3. The number of morpholine rings is 1. The predicted octanol–water partition coefficient (Wildman–Crippen LogP) is 0.242. The van der Waals surface area contributed by atoms with E-state index in [1.807, 2.05) is 0 Å². The van der Waals surface area contributed by atoms with Gasteiger partial charge < -0.3 is 18.9 Å². The summed E-state index contributed by atoms with van der Waals surface area (Å²) in [7, 11) is 2.96. The van der Waals surface area contributed by atoms with Crippen molar-refractivity contribution >= 4 is 17.7 Å². The van der Waals surface area contributed by atoms with Crippen LogP contribution in [0, 0.1) is 0 Å². The summed E-state index contributed by atoms with van der Waals surface area (Å²) in [5, 5.41) is 0. The molecule has 1 aromatic heterocycles. The number of esters is 1. The van der Waals surface area contributed by atoms with Crippen molar-refractivity contribution in [2.24, 2.45) is 7.05 Å². The average Bonchev–Trinajstić information content (AvgIpc) is 2.88. The van der Waals surface area contributed by atoms with Crippen molar-refractivity contribution in [1.29, 1.82) is 0 Å². The van der Waals surface area contributed by atoms with Crippen LogP contribution in [0.1, 0.15) is 27.8 Å². The lowest BCUT2D eigenvalue weighted by molar-refractivity contribution is -0.151. The molecule has 1 aliphatic rings. The van der Waals surface area contributed by atoms with Crippen molar-refractivity contribution in [3.8, 4) is 0 Å². The van der Waals surface area contributed by atoms with Crippen LogP contribution < -0.4 is 0 Å². The SMILES string of the molecule is COC(=O)C1COCCN1C(=O)c1cc(C(C)=O)cn1C. The second kappa shape index (κ2) is 6.09. The van der Waals surface area contributed by atoms with Gasteiger partial charge in [0.2, 0.25) is 0 Å². The molecule has 7 heteroatoms. The summed E-state index contributed by atoms with van der Waals surface area (Å²) < 4.78 is 11.5. The van der Waals surface area contributed by atoms with Crippen molar-refractivity contribution in [3.63, 3.8) is 0 Å². The fraction of sp³-hybridized carbons (Fsp3) is 0.500. The van der Waals surface area contributed by atoms with Gasteiger partial charge in [-0.2, -0.15) is 0 Å². The van der Waals surface area contributed by atoms with E-state index in [4.69, 9.17) is 9.47 Å². The summed E-state index contributed by atoms with van der Waals surface area (Å²) in [5.74, 6) is -0.941. The Morgan fingerprint density at radius 2 is 2.10 bits per heavy atom. The zero-order valence-corrected chi connectivity index (χ0v) is 12.3. The van der Waals surface area contributed by atoms with Gasteiger partial charge >= 0.3 is 5.97 Å². The number of aromatic nitrogens is 1. The van der Waals surface area contributed by atoms with Crippen LogP contribution in [0.2, 0.25) is 0 Å². The Hall–Kier alpha value is -2.15. The topological polar surface area (TPSA) is 77.8 Å². The van der Waals surface area contributed by atoms with Gasteiger partial charge in [0.1, 0.15) is 5.69 Å². The highest BCUT2D eigenvalue weighted by Gasteiger charge is 2.35. The lowest BCUT2D eigenvalue weighted by Gasteiger charge is -2.33. The fourth-order valence-electron chi connectivity index (χ4n) is 2.29. The van der Waals surface area contributed by atoms with Gasteiger partial charge in [-0.15, -0.1) is 0 Å². The molecule has 0 aromatic carbocycles. The molecule has 1 unspecified atom stereocenters. The molecular weight excluding hydrogens is 276 g/mol. The van der Waals surface area contributed by atoms with E-state index in [-0.39, 0.29) is 18.3 Å². The molecule has 1 atom stereocenters. The summed E-state index contributed by atoms with van der Waals surface area (Å²) in [4.78, 5) is 37.2. The smallest absolute Gasteiger partial charge is 0.331 e. The van der Waals surface area contributed by atoms with E-state index in [9.17, 15) is 14.4 Å². The van der Waals surface area contributed by atoms with Crippen LogP contribution >= 0.6 is 0 Å². The first-order chi connectivity index (χ1) is 9.95. The Morgan fingerprint density at radius 1 is 1.38 bits per heavy atom.